The van der Waals surface area contributed by atoms with E-state index in [9.17, 15) is 9.59 Å². The number of hydrogen-bond donors (Lipinski definition) is 2. The number of nitrogens with one attached hydrogen (secondary N) is 2. The molecule has 0 radical (unpaired) electrons. The van der Waals surface area contributed by atoms with Gasteiger partial charge < -0.3 is 19.8 Å². The van der Waals surface area contributed by atoms with E-state index in [2.05, 4.69) is 72.7 Å². The van der Waals surface area contributed by atoms with Gasteiger partial charge in [0.15, 0.2) is 0 Å². The topological polar surface area (TPSA) is 112 Å². The first-order valence-corrected chi connectivity index (χ1v) is 17.7. The van der Waals surface area contributed by atoms with Gasteiger partial charge in [0, 0.05) is 12.1 Å². The van der Waals surface area contributed by atoms with Gasteiger partial charge in [0.1, 0.15) is 22.9 Å². The number of aromatic amines is 1. The largest absolute Gasteiger partial charge is 0.444 e. The molecule has 2 N–H and O–H groups in total. The Hall–Kier alpha value is -4.34. The number of imidazole rings is 1. The SMILES string of the molecule is CC1C[C@@H](C2=NCC(c3ccc(-c4ccc(-c5cnc(C6CC7CC7N6C(=O)OC(C)(C)C)[nH]5)cc4)cc3)N2)N(C(=O)OC(C)(C)C)C1C. The predicted octanol–water partition coefficient (Wildman–Crippen LogP) is 7.89. The summed E-state index contributed by atoms with van der Waals surface area (Å²) in [4.78, 5) is 43.0. The summed E-state index contributed by atoms with van der Waals surface area (Å²) in [5, 5.41) is 3.63. The number of ether oxygens (including phenoxy) is 2. The molecule has 7 atom stereocenters. The zero-order chi connectivity index (χ0) is 34.8. The third-order valence-corrected chi connectivity index (χ3v) is 10.3. The maximum atomic E-state index is 13.1. The molecule has 2 saturated heterocycles. The second-order valence-electron chi connectivity index (χ2n) is 16.4. The molecule has 7 rings (SSSR count). The fourth-order valence-corrected chi connectivity index (χ4v) is 7.60. The molecule has 10 nitrogen and oxygen atoms in total. The molecule has 1 aliphatic carbocycles. The lowest BCUT2D eigenvalue weighted by molar-refractivity contribution is 0.0169. The van der Waals surface area contributed by atoms with E-state index in [1.807, 2.05) is 57.5 Å². The quantitative estimate of drug-likeness (QED) is 0.287. The normalized spacial score (nSPS) is 27.8. The van der Waals surface area contributed by atoms with Crippen LogP contribution >= 0.6 is 0 Å². The van der Waals surface area contributed by atoms with Crippen LogP contribution in [0.4, 0.5) is 9.59 Å². The van der Waals surface area contributed by atoms with Gasteiger partial charge in [-0.3, -0.25) is 14.8 Å². The maximum Gasteiger partial charge on any atom is 0.411 e. The number of carbonyl (C=O) groups excluding carboxylic acids is 2. The number of likely N-dealkylation sites (tertiary alicyclic amines) is 2. The molecule has 49 heavy (non-hydrogen) atoms. The van der Waals surface area contributed by atoms with E-state index >= 15 is 0 Å². The Morgan fingerprint density at radius 1 is 0.776 bits per heavy atom. The minimum atomic E-state index is -0.548. The van der Waals surface area contributed by atoms with Gasteiger partial charge in [-0.05, 0) is 102 Å². The predicted molar refractivity (Wildman–Crippen MR) is 190 cm³/mol. The fraction of sp³-hybridized carbons (Fsp3) is 0.538. The van der Waals surface area contributed by atoms with Gasteiger partial charge in [-0.15, -0.1) is 0 Å². The number of H-pyrrole nitrogens is 1. The highest BCUT2D eigenvalue weighted by atomic mass is 16.6. The lowest BCUT2D eigenvalue weighted by Crippen LogP contribution is -2.49. The molecule has 3 aromatic rings. The van der Waals surface area contributed by atoms with Crippen LogP contribution in [0.1, 0.15) is 98.1 Å². The van der Waals surface area contributed by atoms with Crippen molar-refractivity contribution >= 4 is 18.0 Å². The van der Waals surface area contributed by atoms with Gasteiger partial charge in [-0.25, -0.2) is 14.6 Å². The number of amidine groups is 1. The van der Waals surface area contributed by atoms with Crippen LogP contribution in [0.15, 0.2) is 59.7 Å². The van der Waals surface area contributed by atoms with Crippen molar-refractivity contribution in [2.75, 3.05) is 6.54 Å². The number of fused-ring (bicyclic) bond motifs is 1. The van der Waals surface area contributed by atoms with E-state index in [0.29, 0.717) is 18.4 Å². The highest BCUT2D eigenvalue weighted by Gasteiger charge is 2.56. The van der Waals surface area contributed by atoms with Crippen LogP contribution in [-0.4, -0.2) is 73.7 Å². The van der Waals surface area contributed by atoms with Crippen molar-refractivity contribution in [2.24, 2.45) is 16.8 Å². The maximum absolute atomic E-state index is 13.1. The summed E-state index contributed by atoms with van der Waals surface area (Å²) in [6.07, 6.45) is 4.15. The Labute approximate surface area is 289 Å². The van der Waals surface area contributed by atoms with Crippen molar-refractivity contribution in [2.45, 2.75) is 116 Å². The molecule has 1 saturated carbocycles. The van der Waals surface area contributed by atoms with Crippen LogP contribution < -0.4 is 5.32 Å². The van der Waals surface area contributed by atoms with Gasteiger partial charge in [-0.2, -0.15) is 0 Å². The molecule has 3 fully saturated rings. The van der Waals surface area contributed by atoms with E-state index in [1.54, 1.807) is 0 Å². The van der Waals surface area contributed by atoms with Crippen LogP contribution in [-0.2, 0) is 9.47 Å². The number of nitrogens with zero attached hydrogens (tertiary/aromatic N) is 4. The highest BCUT2D eigenvalue weighted by Crippen LogP contribution is 2.53. The third kappa shape index (κ3) is 6.79. The number of amides is 2. The average molecular weight is 667 g/mol. The van der Waals surface area contributed by atoms with E-state index in [4.69, 9.17) is 19.5 Å². The zero-order valence-electron chi connectivity index (χ0n) is 30.0. The van der Waals surface area contributed by atoms with Gasteiger partial charge in [0.05, 0.1) is 36.6 Å². The van der Waals surface area contributed by atoms with Crippen LogP contribution in [0.2, 0.25) is 0 Å². The number of piperidine rings is 1. The summed E-state index contributed by atoms with van der Waals surface area (Å²) in [6.45, 7) is 16.3. The van der Waals surface area contributed by atoms with Crippen LogP contribution in [0.3, 0.4) is 0 Å². The summed E-state index contributed by atoms with van der Waals surface area (Å²) >= 11 is 0. The van der Waals surface area contributed by atoms with Crippen LogP contribution in [0.25, 0.3) is 22.4 Å². The Bertz CT molecular complexity index is 1730. The van der Waals surface area contributed by atoms with Gasteiger partial charge >= 0.3 is 12.2 Å². The highest BCUT2D eigenvalue weighted by molar-refractivity contribution is 5.92. The van der Waals surface area contributed by atoms with E-state index in [1.165, 1.54) is 0 Å². The second kappa shape index (κ2) is 12.2. The Morgan fingerprint density at radius 3 is 2.00 bits per heavy atom. The van der Waals surface area contributed by atoms with E-state index in [-0.39, 0.29) is 42.4 Å². The van der Waals surface area contributed by atoms with Crippen LogP contribution in [0.5, 0.6) is 0 Å². The number of aromatic nitrogens is 2. The first-order chi connectivity index (χ1) is 23.1. The third-order valence-electron chi connectivity index (χ3n) is 10.3. The molecule has 1 aromatic heterocycles. The summed E-state index contributed by atoms with van der Waals surface area (Å²) in [6, 6.07) is 17.3. The van der Waals surface area contributed by atoms with E-state index in [0.717, 1.165) is 58.9 Å². The molecule has 0 spiro atoms. The molecule has 0 bridgehead atoms. The average Bonchev–Trinajstić information content (AvgIpc) is 3.48. The summed E-state index contributed by atoms with van der Waals surface area (Å²) in [5.74, 6) is 2.57. The standard InChI is InChI=1S/C39H50N6O4/c1-22-17-32(44(23(22)2)36(46)48-38(3,4)5)34-40-20-29(42-34)26-13-9-24(10-14-26)25-11-15-27(16-12-25)30-21-41-35(43-30)33-19-28-18-31(28)45(33)37(47)49-39(6,7)8/h9-16,21-23,28-29,31-33H,17-20H2,1-8H3,(H,40,42)(H,41,43)/t22?,23?,28?,29?,31?,32-,33?/m0/s1. The minimum Gasteiger partial charge on any atom is -0.444 e. The Morgan fingerprint density at radius 2 is 1.37 bits per heavy atom. The number of benzene rings is 2. The first-order valence-electron chi connectivity index (χ1n) is 17.7. The number of rotatable bonds is 5. The zero-order valence-corrected chi connectivity index (χ0v) is 30.0. The molecular formula is C39H50N6O4. The summed E-state index contributed by atoms with van der Waals surface area (Å²) < 4.78 is 11.5. The van der Waals surface area contributed by atoms with Crippen molar-refractivity contribution in [1.29, 1.82) is 0 Å². The molecule has 4 heterocycles. The second-order valence-corrected chi connectivity index (χ2v) is 16.4. The van der Waals surface area contributed by atoms with Crippen molar-refractivity contribution in [3.63, 3.8) is 0 Å². The molecule has 10 heteroatoms. The Balaban J connectivity index is 0.987. The van der Waals surface area contributed by atoms with E-state index < -0.39 is 11.2 Å². The van der Waals surface area contributed by atoms with Gasteiger partial charge in [0.25, 0.3) is 0 Å². The fourth-order valence-electron chi connectivity index (χ4n) is 7.60. The summed E-state index contributed by atoms with van der Waals surface area (Å²) in [5.41, 5.74) is 4.32. The minimum absolute atomic E-state index is 0.0599. The van der Waals surface area contributed by atoms with Crippen molar-refractivity contribution in [3.05, 3.63) is 66.1 Å². The van der Waals surface area contributed by atoms with Crippen LogP contribution in [0, 0.1) is 11.8 Å². The lowest BCUT2D eigenvalue weighted by Gasteiger charge is -2.32. The molecular weight excluding hydrogens is 616 g/mol. The molecule has 260 valence electrons. The lowest BCUT2D eigenvalue weighted by atomic mass is 9.99. The number of carbonyl (C=O) groups is 2. The molecule has 6 unspecified atom stereocenters. The monoisotopic (exact) mass is 666 g/mol. The van der Waals surface area contributed by atoms with Gasteiger partial charge in [0.2, 0.25) is 0 Å². The Kier molecular flexibility index (Phi) is 8.27. The molecule has 4 aliphatic rings. The number of hydrogen-bond acceptors (Lipinski definition) is 7. The first kappa shape index (κ1) is 33.2. The number of aliphatic imine (C=N–C) groups is 1. The van der Waals surface area contributed by atoms with Crippen molar-refractivity contribution in [1.82, 2.24) is 25.1 Å². The molecule has 2 aromatic carbocycles. The van der Waals surface area contributed by atoms with Gasteiger partial charge in [-0.1, -0.05) is 55.5 Å². The summed E-state index contributed by atoms with van der Waals surface area (Å²) in [7, 11) is 0. The van der Waals surface area contributed by atoms with Crippen molar-refractivity contribution < 1.29 is 19.1 Å². The smallest absolute Gasteiger partial charge is 0.411 e. The molecule has 3 aliphatic heterocycles. The van der Waals surface area contributed by atoms with Crippen molar-refractivity contribution in [3.8, 4) is 22.4 Å². The molecule has 2 amide bonds.